The fraction of sp³-hybridized carbons (Fsp3) is 0.667. The number of anilines is 1. The molecular formula is C36H51FN6O7S. The Bertz CT molecular complexity index is 1710. The average Bonchev–Trinajstić information content (AvgIpc) is 3.72. The van der Waals surface area contributed by atoms with Gasteiger partial charge in [0.25, 0.3) is 5.91 Å². The van der Waals surface area contributed by atoms with Crippen LogP contribution in [0.3, 0.4) is 0 Å². The molecule has 6 rings (SSSR count). The first-order valence-electron chi connectivity index (χ1n) is 18.6. The maximum Gasteiger partial charge on any atom is 0.404 e. The Morgan fingerprint density at radius 2 is 1.63 bits per heavy atom. The molecule has 2 saturated carbocycles. The van der Waals surface area contributed by atoms with Gasteiger partial charge >= 0.3 is 16.3 Å². The number of alkyl halides is 1. The molecule has 5 N–H and O–H groups in total. The third-order valence-electron chi connectivity index (χ3n) is 11.8. The van der Waals surface area contributed by atoms with Crippen molar-refractivity contribution in [3.63, 3.8) is 0 Å². The Hall–Kier alpha value is -3.72. The van der Waals surface area contributed by atoms with Crippen molar-refractivity contribution in [2.75, 3.05) is 31.6 Å². The number of carbonyl (C=O) groups is 4. The number of piperidine rings is 1. The van der Waals surface area contributed by atoms with Gasteiger partial charge in [-0.25, -0.2) is 13.9 Å². The highest BCUT2D eigenvalue weighted by molar-refractivity contribution is 7.87. The van der Waals surface area contributed by atoms with E-state index in [1.54, 1.807) is 30.0 Å². The van der Waals surface area contributed by atoms with Crippen molar-refractivity contribution in [1.29, 1.82) is 0 Å². The summed E-state index contributed by atoms with van der Waals surface area (Å²) in [6.07, 6.45) is 9.45. The number of fused-ring (bicyclic) bond motifs is 1. The molecule has 15 heteroatoms. The van der Waals surface area contributed by atoms with E-state index >= 15 is 0 Å². The molecule has 0 bridgehead atoms. The highest BCUT2D eigenvalue weighted by Gasteiger charge is 2.47. The van der Waals surface area contributed by atoms with E-state index in [1.165, 1.54) is 10.7 Å². The fourth-order valence-electron chi connectivity index (χ4n) is 9.08. The number of aryl methyl sites for hydroxylation is 1. The summed E-state index contributed by atoms with van der Waals surface area (Å²) in [5.74, 6) is -1.20. The third kappa shape index (κ3) is 8.19. The predicted molar refractivity (Wildman–Crippen MR) is 190 cm³/mol. The summed E-state index contributed by atoms with van der Waals surface area (Å²) < 4.78 is 42.9. The Labute approximate surface area is 298 Å². The summed E-state index contributed by atoms with van der Waals surface area (Å²) in [7, 11) is -3.98. The Kier molecular flexibility index (Phi) is 11.5. The van der Waals surface area contributed by atoms with Crippen molar-refractivity contribution in [2.24, 2.45) is 23.7 Å². The maximum absolute atomic E-state index is 14.2. The van der Waals surface area contributed by atoms with Crippen LogP contribution in [0.5, 0.6) is 0 Å². The van der Waals surface area contributed by atoms with Crippen LogP contribution < -0.4 is 15.4 Å². The number of rotatable bonds is 10. The van der Waals surface area contributed by atoms with Crippen LogP contribution in [0.4, 0.5) is 14.9 Å². The van der Waals surface area contributed by atoms with E-state index in [9.17, 15) is 32.0 Å². The number of amides is 4. The van der Waals surface area contributed by atoms with Gasteiger partial charge in [0.05, 0.1) is 6.04 Å². The number of carbonyl (C=O) groups excluding carboxylic acids is 3. The number of benzene rings is 1. The average molecular weight is 731 g/mol. The molecule has 51 heavy (non-hydrogen) atoms. The van der Waals surface area contributed by atoms with Gasteiger partial charge in [-0.1, -0.05) is 38.5 Å². The molecule has 4 aliphatic rings. The molecule has 2 aromatic rings. The third-order valence-corrected chi connectivity index (χ3v) is 13.3. The molecule has 0 spiro atoms. The minimum atomic E-state index is -3.98. The molecule has 3 atom stereocenters. The number of hydrogen-bond donors (Lipinski definition) is 5. The molecule has 0 unspecified atom stereocenters. The Balaban J connectivity index is 1.17. The van der Waals surface area contributed by atoms with Gasteiger partial charge in [0.1, 0.15) is 18.4 Å². The van der Waals surface area contributed by atoms with E-state index in [0.29, 0.717) is 73.4 Å². The van der Waals surface area contributed by atoms with E-state index in [2.05, 4.69) is 20.3 Å². The lowest BCUT2D eigenvalue weighted by Gasteiger charge is -2.37. The van der Waals surface area contributed by atoms with Crippen LogP contribution in [0.25, 0.3) is 10.9 Å². The minimum Gasteiger partial charge on any atom is -0.465 e. The fourth-order valence-corrected chi connectivity index (χ4v) is 10.3. The number of H-pyrrole nitrogens is 1. The largest absolute Gasteiger partial charge is 0.465 e. The van der Waals surface area contributed by atoms with E-state index in [-0.39, 0.29) is 35.3 Å². The van der Waals surface area contributed by atoms with Gasteiger partial charge in [-0.3, -0.25) is 14.4 Å². The molecule has 3 heterocycles. The minimum absolute atomic E-state index is 0.0242. The first kappa shape index (κ1) is 37.1. The highest BCUT2D eigenvalue weighted by atomic mass is 32.2. The number of aromatic nitrogens is 1. The van der Waals surface area contributed by atoms with E-state index in [1.807, 2.05) is 0 Å². The molecule has 4 fully saturated rings. The summed E-state index contributed by atoms with van der Waals surface area (Å²) in [5, 5.41) is 15.1. The van der Waals surface area contributed by atoms with Crippen molar-refractivity contribution in [1.82, 2.24) is 24.2 Å². The number of likely N-dealkylation sites (tertiary alicyclic amines) is 1. The van der Waals surface area contributed by atoms with E-state index in [0.717, 1.165) is 51.4 Å². The summed E-state index contributed by atoms with van der Waals surface area (Å²) in [5.41, 5.74) is 1.81. The molecule has 2 aliphatic carbocycles. The summed E-state index contributed by atoms with van der Waals surface area (Å²) in [4.78, 5) is 57.4. The number of hydrogen-bond acceptors (Lipinski definition) is 6. The van der Waals surface area contributed by atoms with Gasteiger partial charge in [0.2, 0.25) is 11.8 Å². The van der Waals surface area contributed by atoms with Crippen LogP contribution in [-0.4, -0.2) is 89.9 Å². The molecule has 2 saturated heterocycles. The number of aromatic amines is 1. The predicted octanol–water partition coefficient (Wildman–Crippen LogP) is 5.08. The van der Waals surface area contributed by atoms with Crippen molar-refractivity contribution >= 4 is 50.6 Å². The van der Waals surface area contributed by atoms with Crippen LogP contribution in [0, 0.1) is 30.6 Å². The second kappa shape index (κ2) is 15.9. The standard InChI is InChI=1S/C36H51FN6O7S/c1-22-28-20-26(14-15-29(28)39-31(22)33(44)41-51(49,50)42-17-6-3-7-18-42)38-34(45)32-27(23-8-4-2-5-9-23)16-19-43(32)35(46)25-12-10-24(11-13-25)30(21-37)40-36(47)48/h14-15,20,23-25,27,30,32,39-40H,2-13,16-19,21H2,1H3,(H,38,45)(H,41,44)(H,47,48)/t24-,25-,27-,30+,32-/m0/s1. The Morgan fingerprint density at radius 3 is 2.29 bits per heavy atom. The molecule has 280 valence electrons. The Morgan fingerprint density at radius 1 is 0.941 bits per heavy atom. The summed E-state index contributed by atoms with van der Waals surface area (Å²) in [6.45, 7) is 2.16. The van der Waals surface area contributed by atoms with Gasteiger partial charge in [-0.2, -0.15) is 12.7 Å². The van der Waals surface area contributed by atoms with Crippen LogP contribution in [0.1, 0.15) is 99.5 Å². The van der Waals surface area contributed by atoms with Crippen molar-refractivity contribution in [3.05, 3.63) is 29.5 Å². The molecular weight excluding hydrogens is 679 g/mol. The van der Waals surface area contributed by atoms with E-state index < -0.39 is 41.0 Å². The molecule has 13 nitrogen and oxygen atoms in total. The van der Waals surface area contributed by atoms with Crippen molar-refractivity contribution < 1.29 is 37.1 Å². The zero-order chi connectivity index (χ0) is 36.3. The number of nitrogens with zero attached hydrogens (tertiary/aromatic N) is 2. The SMILES string of the molecule is Cc1c(C(=O)NS(=O)(=O)N2CCCCC2)[nH]c2ccc(NC(=O)[C@@H]3[C@H](C4CCCCC4)CCN3C(=O)[C@H]3CC[C@H]([C@@H](CF)NC(=O)O)CC3)cc12. The summed E-state index contributed by atoms with van der Waals surface area (Å²) in [6, 6.07) is 3.80. The van der Waals surface area contributed by atoms with Crippen molar-refractivity contribution in [2.45, 2.75) is 102 Å². The molecule has 1 aromatic carbocycles. The summed E-state index contributed by atoms with van der Waals surface area (Å²) >= 11 is 0. The quantitative estimate of drug-likeness (QED) is 0.226. The molecule has 1 aromatic heterocycles. The monoisotopic (exact) mass is 730 g/mol. The lowest BCUT2D eigenvalue weighted by atomic mass is 9.76. The lowest BCUT2D eigenvalue weighted by Crippen LogP contribution is -2.50. The zero-order valence-corrected chi connectivity index (χ0v) is 30.1. The lowest BCUT2D eigenvalue weighted by molar-refractivity contribution is -0.142. The first-order valence-corrected chi connectivity index (χ1v) is 20.0. The normalized spacial score (nSPS) is 25.7. The van der Waals surface area contributed by atoms with Crippen LogP contribution in [0.15, 0.2) is 18.2 Å². The van der Waals surface area contributed by atoms with Crippen LogP contribution >= 0.6 is 0 Å². The molecule has 4 amide bonds. The maximum atomic E-state index is 14.2. The topological polar surface area (TPSA) is 181 Å². The number of nitrogens with one attached hydrogen (secondary N) is 4. The number of halogens is 1. The van der Waals surface area contributed by atoms with E-state index in [4.69, 9.17) is 5.11 Å². The molecule has 2 aliphatic heterocycles. The van der Waals surface area contributed by atoms with Gasteiger partial charge < -0.3 is 25.6 Å². The van der Waals surface area contributed by atoms with Gasteiger partial charge in [-0.05, 0) is 93.4 Å². The highest BCUT2D eigenvalue weighted by Crippen LogP contribution is 2.41. The smallest absolute Gasteiger partial charge is 0.404 e. The zero-order valence-electron chi connectivity index (χ0n) is 29.3. The first-order chi connectivity index (χ1) is 24.5. The van der Waals surface area contributed by atoms with Gasteiger partial charge in [0.15, 0.2) is 0 Å². The van der Waals surface area contributed by atoms with Crippen LogP contribution in [-0.2, 0) is 19.8 Å². The second-order valence-corrected chi connectivity index (χ2v) is 16.6. The van der Waals surface area contributed by atoms with Crippen molar-refractivity contribution in [3.8, 4) is 0 Å². The van der Waals surface area contributed by atoms with Crippen LogP contribution in [0.2, 0.25) is 0 Å². The van der Waals surface area contributed by atoms with Gasteiger partial charge in [0, 0.05) is 42.1 Å². The number of carboxylic acid groups (broad SMARTS) is 1. The second-order valence-electron chi connectivity index (χ2n) is 14.9. The molecule has 0 radical (unpaired) electrons. The van der Waals surface area contributed by atoms with Gasteiger partial charge in [-0.15, -0.1) is 0 Å².